The first-order valence-corrected chi connectivity index (χ1v) is 16.9. The third-order valence-electron chi connectivity index (χ3n) is 8.06. The Balaban J connectivity index is 1.61. The molecule has 11 heteroatoms. The minimum absolute atomic E-state index is 0.151. The van der Waals surface area contributed by atoms with Gasteiger partial charge in [0.15, 0.2) is 0 Å². The van der Waals surface area contributed by atoms with Crippen molar-refractivity contribution in [2.45, 2.75) is 45.6 Å². The van der Waals surface area contributed by atoms with Gasteiger partial charge in [-0.15, -0.1) is 0 Å². The van der Waals surface area contributed by atoms with Gasteiger partial charge in [0.05, 0.1) is 41.0 Å². The van der Waals surface area contributed by atoms with Crippen molar-refractivity contribution < 1.29 is 24.4 Å². The molecule has 0 saturated carbocycles. The molecule has 0 aliphatic carbocycles. The number of pyridine rings is 1. The lowest BCUT2D eigenvalue weighted by molar-refractivity contribution is 0.0104. The number of aliphatic hydroxyl groups is 2. The molecule has 0 bridgehead atoms. The van der Waals surface area contributed by atoms with E-state index in [1.54, 1.807) is 31.3 Å². The molecule has 2 N–H and O–H groups in total. The molecule has 0 unspecified atom stereocenters. The minimum atomic E-state index is -0.866. The summed E-state index contributed by atoms with van der Waals surface area (Å²) in [5.74, 6) is 1.57. The second kappa shape index (κ2) is 17.2. The molecule has 3 aromatic carbocycles. The standard InChI is InChI=1S/C36H38BrCl2N3O5/c1-24-27(7-4-8-29(24)30-9-5-10-32(35(30)39)45-12-6-11-37)21-47-34-15-33(46-20-26-13-25(16-40)17-41-18-26)28(14-31(34)38)19-42(3)36(2,22-43)23-44/h4-5,7-10,13-15,17-18,43-44H,6,11-12,19-23H2,1-3H3. The highest BCUT2D eigenvalue weighted by atomic mass is 79.9. The first-order chi connectivity index (χ1) is 22.6. The average molecular weight is 744 g/mol. The van der Waals surface area contributed by atoms with Gasteiger partial charge in [0.25, 0.3) is 0 Å². The summed E-state index contributed by atoms with van der Waals surface area (Å²) >= 11 is 17.0. The summed E-state index contributed by atoms with van der Waals surface area (Å²) in [6.07, 6.45) is 4.00. The van der Waals surface area contributed by atoms with Crippen molar-refractivity contribution in [3.8, 4) is 34.4 Å². The van der Waals surface area contributed by atoms with E-state index in [0.717, 1.165) is 45.1 Å². The fourth-order valence-electron chi connectivity index (χ4n) is 4.83. The first-order valence-electron chi connectivity index (χ1n) is 15.0. The van der Waals surface area contributed by atoms with Gasteiger partial charge in [-0.1, -0.05) is 69.5 Å². The average Bonchev–Trinajstić information content (AvgIpc) is 3.08. The van der Waals surface area contributed by atoms with Crippen molar-refractivity contribution in [1.82, 2.24) is 9.88 Å². The molecule has 0 saturated heterocycles. The lowest BCUT2D eigenvalue weighted by atomic mass is 9.96. The summed E-state index contributed by atoms with van der Waals surface area (Å²) in [4.78, 5) is 5.96. The molecule has 1 heterocycles. The zero-order chi connectivity index (χ0) is 34.0. The van der Waals surface area contributed by atoms with Crippen LogP contribution in [0.15, 0.2) is 67.0 Å². The Morgan fingerprint density at radius 2 is 1.64 bits per heavy atom. The van der Waals surface area contributed by atoms with Crippen molar-refractivity contribution in [2.75, 3.05) is 32.2 Å². The lowest BCUT2D eigenvalue weighted by Crippen LogP contribution is -2.49. The van der Waals surface area contributed by atoms with Gasteiger partial charge in [-0.25, -0.2) is 0 Å². The molecule has 0 atom stereocenters. The van der Waals surface area contributed by atoms with Crippen molar-refractivity contribution in [1.29, 1.82) is 5.26 Å². The van der Waals surface area contributed by atoms with Crippen LogP contribution in [0.3, 0.4) is 0 Å². The Hall–Kier alpha value is -3.36. The third kappa shape index (κ3) is 9.17. The number of hydrogen-bond donors (Lipinski definition) is 2. The van der Waals surface area contributed by atoms with Crippen LogP contribution in [0.5, 0.6) is 17.2 Å². The van der Waals surface area contributed by atoms with E-state index in [0.29, 0.717) is 46.0 Å². The number of halogens is 3. The summed E-state index contributed by atoms with van der Waals surface area (Å²) in [6.45, 7) is 4.59. The van der Waals surface area contributed by atoms with Crippen LogP contribution in [0, 0.1) is 18.3 Å². The third-order valence-corrected chi connectivity index (χ3v) is 9.31. The fraction of sp³-hybridized carbons (Fsp3) is 0.333. The summed E-state index contributed by atoms with van der Waals surface area (Å²) < 4.78 is 18.4. The Morgan fingerprint density at radius 3 is 2.36 bits per heavy atom. The topological polar surface area (TPSA) is 108 Å². The van der Waals surface area contributed by atoms with Crippen LogP contribution in [-0.2, 0) is 19.8 Å². The minimum Gasteiger partial charge on any atom is -0.492 e. The highest BCUT2D eigenvalue weighted by Crippen LogP contribution is 2.39. The second-order valence-corrected chi connectivity index (χ2v) is 13.0. The van der Waals surface area contributed by atoms with Crippen LogP contribution in [0.4, 0.5) is 0 Å². The molecule has 0 spiro atoms. The number of nitriles is 1. The van der Waals surface area contributed by atoms with E-state index in [9.17, 15) is 15.5 Å². The van der Waals surface area contributed by atoms with Crippen LogP contribution in [0.2, 0.25) is 10.0 Å². The number of aliphatic hydroxyl groups excluding tert-OH is 2. The second-order valence-electron chi connectivity index (χ2n) is 11.4. The van der Waals surface area contributed by atoms with Crippen LogP contribution in [0.25, 0.3) is 11.1 Å². The van der Waals surface area contributed by atoms with Crippen LogP contribution in [-0.4, -0.2) is 57.8 Å². The normalized spacial score (nSPS) is 11.4. The van der Waals surface area contributed by atoms with E-state index in [4.69, 9.17) is 37.4 Å². The number of benzene rings is 3. The van der Waals surface area contributed by atoms with Gasteiger partial charge >= 0.3 is 0 Å². The highest BCUT2D eigenvalue weighted by Gasteiger charge is 2.29. The van der Waals surface area contributed by atoms with E-state index >= 15 is 0 Å². The molecular weight excluding hydrogens is 705 g/mol. The fourth-order valence-corrected chi connectivity index (χ4v) is 5.58. The van der Waals surface area contributed by atoms with Crippen molar-refractivity contribution in [3.05, 3.63) is 105 Å². The first kappa shape index (κ1) is 36.5. The van der Waals surface area contributed by atoms with Gasteiger partial charge in [0.1, 0.15) is 36.5 Å². The van der Waals surface area contributed by atoms with E-state index in [-0.39, 0.29) is 26.4 Å². The number of hydrogen-bond acceptors (Lipinski definition) is 8. The largest absolute Gasteiger partial charge is 0.492 e. The monoisotopic (exact) mass is 741 g/mol. The summed E-state index contributed by atoms with van der Waals surface area (Å²) in [6, 6.07) is 19.1. The molecule has 4 aromatic rings. The Morgan fingerprint density at radius 1 is 0.915 bits per heavy atom. The Labute approximate surface area is 294 Å². The Kier molecular flexibility index (Phi) is 13.3. The molecule has 0 aliphatic heterocycles. The molecule has 47 heavy (non-hydrogen) atoms. The molecule has 1 aromatic heterocycles. The van der Waals surface area contributed by atoms with Crippen LogP contribution >= 0.6 is 39.1 Å². The maximum Gasteiger partial charge on any atom is 0.142 e. The van der Waals surface area contributed by atoms with Crippen molar-refractivity contribution in [2.24, 2.45) is 0 Å². The van der Waals surface area contributed by atoms with Gasteiger partial charge in [0, 0.05) is 47.0 Å². The van der Waals surface area contributed by atoms with E-state index in [1.165, 1.54) is 6.20 Å². The molecule has 0 aliphatic rings. The summed E-state index contributed by atoms with van der Waals surface area (Å²) in [5, 5.41) is 31.0. The molecule has 0 radical (unpaired) electrons. The maximum absolute atomic E-state index is 9.94. The number of rotatable bonds is 16. The quantitative estimate of drug-likeness (QED) is 0.0888. The number of likely N-dealkylation sites (N-methyl/N-ethyl adjacent to an activating group) is 1. The maximum atomic E-state index is 9.94. The Bertz CT molecular complexity index is 1710. The highest BCUT2D eigenvalue weighted by molar-refractivity contribution is 9.09. The van der Waals surface area contributed by atoms with Gasteiger partial charge in [0.2, 0.25) is 0 Å². The molecular formula is C36H38BrCl2N3O5. The number of ether oxygens (including phenoxy) is 3. The smallest absolute Gasteiger partial charge is 0.142 e. The van der Waals surface area contributed by atoms with E-state index < -0.39 is 5.54 Å². The van der Waals surface area contributed by atoms with Crippen molar-refractivity contribution >= 4 is 39.1 Å². The molecule has 8 nitrogen and oxygen atoms in total. The zero-order valence-electron chi connectivity index (χ0n) is 26.6. The predicted molar refractivity (Wildman–Crippen MR) is 189 cm³/mol. The van der Waals surface area contributed by atoms with E-state index in [1.807, 2.05) is 55.3 Å². The number of alkyl halides is 1. The number of nitrogens with zero attached hydrogens (tertiary/aromatic N) is 3. The van der Waals surface area contributed by atoms with Crippen LogP contribution < -0.4 is 14.2 Å². The molecule has 0 amide bonds. The van der Waals surface area contributed by atoms with E-state index in [2.05, 4.69) is 27.0 Å². The van der Waals surface area contributed by atoms with Gasteiger partial charge in [-0.05, 0) is 62.2 Å². The summed E-state index contributed by atoms with van der Waals surface area (Å²) in [7, 11) is 1.81. The molecule has 248 valence electrons. The molecule has 0 fully saturated rings. The van der Waals surface area contributed by atoms with Gasteiger partial charge in [-0.2, -0.15) is 5.26 Å². The van der Waals surface area contributed by atoms with Gasteiger partial charge in [-0.3, -0.25) is 9.88 Å². The number of aromatic nitrogens is 1. The zero-order valence-corrected chi connectivity index (χ0v) is 29.7. The van der Waals surface area contributed by atoms with Gasteiger partial charge < -0.3 is 24.4 Å². The lowest BCUT2D eigenvalue weighted by Gasteiger charge is -2.36. The predicted octanol–water partition coefficient (Wildman–Crippen LogP) is 7.73. The van der Waals surface area contributed by atoms with Crippen LogP contribution in [0.1, 0.15) is 41.2 Å². The van der Waals surface area contributed by atoms with Crippen molar-refractivity contribution in [3.63, 3.8) is 0 Å². The SMILES string of the molecule is Cc1c(COc2cc(OCc3cncc(C#N)c3)c(CN(C)C(C)(CO)CO)cc2Cl)cccc1-c1cccc(OCCCBr)c1Cl. The molecule has 4 rings (SSSR count). The summed E-state index contributed by atoms with van der Waals surface area (Å²) in [5.41, 5.74) is 4.82.